The van der Waals surface area contributed by atoms with Gasteiger partial charge in [0.2, 0.25) is 23.5 Å². The molecule has 1 saturated carbocycles. The zero-order chi connectivity index (χ0) is 34.6. The van der Waals surface area contributed by atoms with Crippen LogP contribution in [0.3, 0.4) is 0 Å². The fourth-order valence-electron chi connectivity index (χ4n) is 5.45. The Morgan fingerprint density at radius 2 is 1.61 bits per heavy atom. The molecule has 5 amide bonds. The van der Waals surface area contributed by atoms with E-state index in [9.17, 15) is 28.8 Å². The normalized spacial score (nSPS) is 21.2. The quantitative estimate of drug-likeness (QED) is 0.195. The van der Waals surface area contributed by atoms with Crippen molar-refractivity contribution in [3.63, 3.8) is 0 Å². The van der Waals surface area contributed by atoms with E-state index >= 15 is 0 Å². The Kier molecular flexibility index (Phi) is 11.8. The number of Topliss-reactive ketones (excluding diaryl/α,β-unsaturated/α-hetero) is 1. The number of rotatable bonds is 12. The molecule has 2 fully saturated rings. The van der Waals surface area contributed by atoms with Gasteiger partial charge in [0.15, 0.2) is 0 Å². The minimum atomic E-state index is -1.26. The minimum Gasteiger partial charge on any atom is -0.444 e. The van der Waals surface area contributed by atoms with Gasteiger partial charge in [0.25, 0.3) is 5.91 Å². The van der Waals surface area contributed by atoms with E-state index in [0.29, 0.717) is 6.42 Å². The van der Waals surface area contributed by atoms with Crippen molar-refractivity contribution in [1.82, 2.24) is 26.2 Å². The first-order valence-electron chi connectivity index (χ1n) is 15.4. The Morgan fingerprint density at radius 1 is 0.978 bits per heavy atom. The highest BCUT2D eigenvalue weighted by molar-refractivity contribution is 6.51. The van der Waals surface area contributed by atoms with Crippen LogP contribution in [0.2, 0.25) is 0 Å². The summed E-state index contributed by atoms with van der Waals surface area (Å²) in [6.45, 7) is 12.1. The summed E-state index contributed by atoms with van der Waals surface area (Å²) < 4.78 is 4.11. The van der Waals surface area contributed by atoms with Crippen molar-refractivity contribution in [2.75, 3.05) is 13.1 Å². The molecule has 1 saturated heterocycles. The minimum absolute atomic E-state index is 0.0577. The molecule has 5 atom stereocenters. The van der Waals surface area contributed by atoms with E-state index in [4.69, 9.17) is 27.9 Å². The van der Waals surface area contributed by atoms with Gasteiger partial charge in [-0.2, -0.15) is 0 Å². The van der Waals surface area contributed by atoms with Gasteiger partial charge in [-0.05, 0) is 38.2 Å². The molecule has 0 bridgehead atoms. The summed E-state index contributed by atoms with van der Waals surface area (Å²) in [6, 6.07) is 5.74. The average Bonchev–Trinajstić information content (AvgIpc) is 3.27. The highest BCUT2D eigenvalue weighted by Gasteiger charge is 2.74. The Balaban J connectivity index is 1.70. The van der Waals surface area contributed by atoms with Crippen molar-refractivity contribution >= 4 is 58.7 Å². The molecular formula is C32H45Cl2N5O7. The van der Waals surface area contributed by atoms with Crippen LogP contribution in [0.5, 0.6) is 0 Å². The lowest BCUT2D eigenvalue weighted by Crippen LogP contribution is -2.61. The maximum absolute atomic E-state index is 14.0. The van der Waals surface area contributed by atoms with E-state index in [1.807, 2.05) is 30.3 Å². The van der Waals surface area contributed by atoms with Gasteiger partial charge in [-0.25, -0.2) is 4.79 Å². The lowest BCUT2D eigenvalue weighted by atomic mass is 9.85. The molecule has 46 heavy (non-hydrogen) atoms. The van der Waals surface area contributed by atoms with Crippen LogP contribution < -0.4 is 21.3 Å². The number of carbonyl (C=O) groups excluding carboxylic acids is 6. The van der Waals surface area contributed by atoms with E-state index in [-0.39, 0.29) is 19.5 Å². The smallest absolute Gasteiger partial charge is 0.408 e. The number of hydrogen-bond donors (Lipinski definition) is 4. The molecule has 4 unspecified atom stereocenters. The number of nitrogens with one attached hydrogen (secondary N) is 4. The molecule has 12 nitrogen and oxygen atoms in total. The first kappa shape index (κ1) is 37.1. The number of ketones is 1. The van der Waals surface area contributed by atoms with E-state index in [1.54, 1.807) is 48.5 Å². The monoisotopic (exact) mass is 681 g/mol. The molecule has 14 heteroatoms. The summed E-state index contributed by atoms with van der Waals surface area (Å²) in [4.78, 5) is 79.8. The second kappa shape index (κ2) is 14.6. The lowest BCUT2D eigenvalue weighted by molar-refractivity contribution is -0.145. The van der Waals surface area contributed by atoms with Crippen LogP contribution >= 0.6 is 23.2 Å². The third-order valence-corrected chi connectivity index (χ3v) is 8.90. The molecule has 3 rings (SSSR count). The van der Waals surface area contributed by atoms with Gasteiger partial charge in [-0.15, -0.1) is 23.2 Å². The van der Waals surface area contributed by atoms with Crippen LogP contribution in [-0.2, 0) is 35.3 Å². The summed E-state index contributed by atoms with van der Waals surface area (Å²) in [5.41, 5.74) is -0.704. The van der Waals surface area contributed by atoms with Crippen molar-refractivity contribution in [3.8, 4) is 0 Å². The van der Waals surface area contributed by atoms with Gasteiger partial charge >= 0.3 is 6.09 Å². The number of alkyl carbamates (subject to hydrolysis) is 1. The summed E-state index contributed by atoms with van der Waals surface area (Å²) in [7, 11) is 0. The summed E-state index contributed by atoms with van der Waals surface area (Å²) in [5, 5.41) is 10.2. The van der Waals surface area contributed by atoms with Gasteiger partial charge in [-0.1, -0.05) is 64.4 Å². The van der Waals surface area contributed by atoms with Crippen molar-refractivity contribution in [3.05, 3.63) is 35.9 Å². The number of likely N-dealkylation sites (tertiary alicyclic amines) is 1. The number of carbonyl (C=O) groups is 6. The molecule has 1 aliphatic carbocycles. The van der Waals surface area contributed by atoms with E-state index in [1.165, 1.54) is 4.90 Å². The molecular weight excluding hydrogens is 637 g/mol. The Bertz CT molecular complexity index is 1330. The number of piperidine rings is 1. The van der Waals surface area contributed by atoms with Gasteiger partial charge in [-0.3, -0.25) is 24.0 Å². The van der Waals surface area contributed by atoms with Crippen molar-refractivity contribution in [1.29, 1.82) is 0 Å². The van der Waals surface area contributed by atoms with E-state index < -0.39 is 87.4 Å². The molecule has 2 aliphatic rings. The van der Waals surface area contributed by atoms with Crippen LogP contribution in [-0.4, -0.2) is 81.6 Å². The van der Waals surface area contributed by atoms with Gasteiger partial charge in [0.05, 0.1) is 12.6 Å². The maximum Gasteiger partial charge on any atom is 0.408 e. The summed E-state index contributed by atoms with van der Waals surface area (Å²) in [6.07, 6.45) is -0.213. The van der Waals surface area contributed by atoms with E-state index in [2.05, 4.69) is 21.3 Å². The SMILES string of the molecule is CCCC(NC(=O)[C@@H]1C2C(CN1C(=O)C(NC(=O)OC(C)(C)C)C(C)(C)C)C2(Cl)Cl)C(=O)C(=O)NCC(=O)NCc1ccccc1. The first-order chi connectivity index (χ1) is 21.3. The van der Waals surface area contributed by atoms with Gasteiger partial charge in [0.1, 0.15) is 22.0 Å². The molecule has 1 aliphatic heterocycles. The van der Waals surface area contributed by atoms with Crippen LogP contribution in [0.15, 0.2) is 30.3 Å². The van der Waals surface area contributed by atoms with Crippen LogP contribution in [0.4, 0.5) is 4.79 Å². The Morgan fingerprint density at radius 3 is 2.17 bits per heavy atom. The summed E-state index contributed by atoms with van der Waals surface area (Å²) in [5.74, 6) is -4.72. The summed E-state index contributed by atoms with van der Waals surface area (Å²) >= 11 is 13.0. The number of amides is 5. The fraction of sp³-hybridized carbons (Fsp3) is 0.625. The average molecular weight is 683 g/mol. The third-order valence-electron chi connectivity index (χ3n) is 7.83. The lowest BCUT2D eigenvalue weighted by Gasteiger charge is -2.37. The van der Waals surface area contributed by atoms with Crippen LogP contribution in [0, 0.1) is 17.3 Å². The number of alkyl halides is 2. The molecule has 254 valence electrons. The topological polar surface area (TPSA) is 163 Å². The number of ether oxygens (including phenoxy) is 1. The highest BCUT2D eigenvalue weighted by atomic mass is 35.5. The number of halogens is 2. The molecule has 1 heterocycles. The van der Waals surface area contributed by atoms with Gasteiger partial charge < -0.3 is 30.9 Å². The van der Waals surface area contributed by atoms with Crippen molar-refractivity contribution < 1.29 is 33.5 Å². The molecule has 1 aromatic rings. The first-order valence-corrected chi connectivity index (χ1v) is 16.1. The van der Waals surface area contributed by atoms with Crippen LogP contribution in [0.1, 0.15) is 66.9 Å². The number of benzene rings is 1. The predicted molar refractivity (Wildman–Crippen MR) is 173 cm³/mol. The van der Waals surface area contributed by atoms with Gasteiger partial charge in [0, 0.05) is 24.9 Å². The van der Waals surface area contributed by atoms with Crippen molar-refractivity contribution in [2.45, 2.75) is 95.9 Å². The Hall–Kier alpha value is -3.38. The maximum atomic E-state index is 14.0. The predicted octanol–water partition coefficient (Wildman–Crippen LogP) is 2.84. The van der Waals surface area contributed by atoms with Crippen LogP contribution in [0.25, 0.3) is 0 Å². The molecule has 4 N–H and O–H groups in total. The molecule has 0 aromatic heterocycles. The van der Waals surface area contributed by atoms with Crippen molar-refractivity contribution in [2.24, 2.45) is 17.3 Å². The fourth-order valence-corrected chi connectivity index (χ4v) is 6.28. The third kappa shape index (κ3) is 9.34. The molecule has 0 radical (unpaired) electrons. The molecule has 1 aromatic carbocycles. The van der Waals surface area contributed by atoms with E-state index in [0.717, 1.165) is 5.56 Å². The number of fused-ring (bicyclic) bond motifs is 1. The second-order valence-corrected chi connectivity index (χ2v) is 15.3. The standard InChI is InChI=1S/C32H45Cl2N5O7/c1-8-12-20(24(41)27(43)36-16-21(40)35-15-18-13-10-9-11-14-18)37-26(42)23-22-19(32(22,33)34)17-39(23)28(44)25(30(2,3)4)38-29(45)46-31(5,6)7/h9-11,13-14,19-20,22-23,25H,8,12,15-17H2,1-7H3,(H,35,40)(H,36,43)(H,37,42)(H,38,45)/t19?,20?,22?,23-,25?/m0/s1. The number of nitrogens with zero attached hydrogens (tertiary/aromatic N) is 1. The largest absolute Gasteiger partial charge is 0.444 e. The second-order valence-electron chi connectivity index (χ2n) is 13.8. The molecule has 0 spiro atoms. The zero-order valence-electron chi connectivity index (χ0n) is 27.4. The number of hydrogen-bond acceptors (Lipinski definition) is 7. The highest BCUT2D eigenvalue weighted by Crippen LogP contribution is 2.65. The zero-order valence-corrected chi connectivity index (χ0v) is 28.9. The Labute approximate surface area is 280 Å².